The Morgan fingerprint density at radius 1 is 1.25 bits per heavy atom. The van der Waals surface area contributed by atoms with Crippen LogP contribution in [0.25, 0.3) is 10.8 Å². The third-order valence-electron chi connectivity index (χ3n) is 3.29. The summed E-state index contributed by atoms with van der Waals surface area (Å²) in [6, 6.07) is 11.7. The summed E-state index contributed by atoms with van der Waals surface area (Å²) in [6.45, 7) is 0.326. The monoisotopic (exact) mass is 267 g/mol. The molecule has 2 aromatic rings. The molecule has 1 amide bonds. The highest BCUT2D eigenvalue weighted by Gasteiger charge is 2.11. The molecule has 0 N–H and O–H groups in total. The highest BCUT2D eigenvalue weighted by molar-refractivity contribution is 5.93. The second kappa shape index (κ2) is 6.12. The van der Waals surface area contributed by atoms with Gasteiger partial charge < -0.3 is 9.64 Å². The molecule has 3 heteroatoms. The van der Waals surface area contributed by atoms with E-state index < -0.39 is 0 Å². The number of fused-ring (bicyclic) bond motifs is 1. The normalized spacial score (nSPS) is 10.1. The first-order chi connectivity index (χ1) is 9.67. The molecule has 0 fully saturated rings. The SMILES string of the molecule is C#CCN(C)C(=O)Cc1cccc2c(OC)cccc12. The maximum Gasteiger partial charge on any atom is 0.227 e. The quantitative estimate of drug-likeness (QED) is 0.796. The lowest BCUT2D eigenvalue weighted by Gasteiger charge is -2.15. The van der Waals surface area contributed by atoms with E-state index in [9.17, 15) is 4.79 Å². The Morgan fingerprint density at radius 3 is 2.65 bits per heavy atom. The van der Waals surface area contributed by atoms with Gasteiger partial charge in [-0.2, -0.15) is 0 Å². The minimum atomic E-state index is 0.0123. The van der Waals surface area contributed by atoms with Crippen LogP contribution >= 0.6 is 0 Å². The molecule has 0 aliphatic rings. The Balaban J connectivity index is 2.36. The Bertz CT molecular complexity index is 670. The van der Waals surface area contributed by atoms with Gasteiger partial charge in [0.2, 0.25) is 5.91 Å². The van der Waals surface area contributed by atoms with E-state index in [4.69, 9.17) is 11.2 Å². The van der Waals surface area contributed by atoms with Crippen molar-refractivity contribution in [1.29, 1.82) is 0 Å². The number of rotatable bonds is 4. The second-order valence-electron chi connectivity index (χ2n) is 4.60. The van der Waals surface area contributed by atoms with Crippen LogP contribution in [0.15, 0.2) is 36.4 Å². The largest absolute Gasteiger partial charge is 0.496 e. The lowest BCUT2D eigenvalue weighted by Crippen LogP contribution is -2.28. The van der Waals surface area contributed by atoms with E-state index in [0.29, 0.717) is 13.0 Å². The van der Waals surface area contributed by atoms with Crippen LogP contribution in [0, 0.1) is 12.3 Å². The molecule has 2 rings (SSSR count). The smallest absolute Gasteiger partial charge is 0.227 e. The molecular weight excluding hydrogens is 250 g/mol. The second-order valence-corrected chi connectivity index (χ2v) is 4.60. The van der Waals surface area contributed by atoms with Gasteiger partial charge in [-0.05, 0) is 17.0 Å². The summed E-state index contributed by atoms with van der Waals surface area (Å²) in [6.07, 6.45) is 5.56. The molecule has 0 bridgehead atoms. The Kier molecular flexibility index (Phi) is 4.27. The standard InChI is InChI=1S/C17H17NO2/c1-4-11-18(2)17(19)12-13-7-5-9-15-14(13)8-6-10-16(15)20-3/h1,5-10H,11-12H2,2-3H3. The molecule has 0 spiro atoms. The third kappa shape index (κ3) is 2.75. The molecule has 0 heterocycles. The average Bonchev–Trinajstić information content (AvgIpc) is 2.47. The molecule has 3 nitrogen and oxygen atoms in total. The van der Waals surface area contributed by atoms with Gasteiger partial charge in [-0.3, -0.25) is 4.79 Å². The van der Waals surface area contributed by atoms with Crippen LogP contribution < -0.4 is 4.74 Å². The summed E-state index contributed by atoms with van der Waals surface area (Å²) >= 11 is 0. The first-order valence-corrected chi connectivity index (χ1v) is 6.39. The Morgan fingerprint density at radius 2 is 1.95 bits per heavy atom. The van der Waals surface area contributed by atoms with Crippen molar-refractivity contribution in [2.75, 3.05) is 20.7 Å². The number of amides is 1. The predicted molar refractivity (Wildman–Crippen MR) is 80.7 cm³/mol. The number of carbonyl (C=O) groups excluding carboxylic acids is 1. The molecule has 0 saturated heterocycles. The summed E-state index contributed by atoms with van der Waals surface area (Å²) in [5, 5.41) is 2.05. The minimum Gasteiger partial charge on any atom is -0.496 e. The van der Waals surface area contributed by atoms with Crippen molar-refractivity contribution >= 4 is 16.7 Å². The van der Waals surface area contributed by atoms with E-state index in [1.54, 1.807) is 19.1 Å². The van der Waals surface area contributed by atoms with Crippen LogP contribution in [0.3, 0.4) is 0 Å². The molecule has 102 valence electrons. The number of likely N-dealkylation sites (N-methyl/N-ethyl adjacent to an activating group) is 1. The maximum atomic E-state index is 12.1. The lowest BCUT2D eigenvalue weighted by atomic mass is 10.0. The number of nitrogens with zero attached hydrogens (tertiary/aromatic N) is 1. The van der Waals surface area contributed by atoms with Gasteiger partial charge in [-0.1, -0.05) is 36.3 Å². The van der Waals surface area contributed by atoms with E-state index in [1.165, 1.54) is 0 Å². The van der Waals surface area contributed by atoms with Gasteiger partial charge in [0.25, 0.3) is 0 Å². The topological polar surface area (TPSA) is 29.5 Å². The molecule has 0 aliphatic carbocycles. The molecule has 2 aromatic carbocycles. The molecule has 0 saturated carbocycles. The first-order valence-electron chi connectivity index (χ1n) is 6.39. The van der Waals surface area contributed by atoms with Crippen LogP contribution in [0.4, 0.5) is 0 Å². The van der Waals surface area contributed by atoms with Crippen LogP contribution in [0.1, 0.15) is 5.56 Å². The molecule has 20 heavy (non-hydrogen) atoms. The minimum absolute atomic E-state index is 0.0123. The molecule has 0 radical (unpaired) electrons. The summed E-state index contributed by atoms with van der Waals surface area (Å²) < 4.78 is 5.35. The van der Waals surface area contributed by atoms with E-state index in [2.05, 4.69) is 5.92 Å². The van der Waals surface area contributed by atoms with Crippen molar-refractivity contribution in [3.8, 4) is 18.1 Å². The third-order valence-corrected chi connectivity index (χ3v) is 3.29. The molecule has 0 aromatic heterocycles. The number of ether oxygens (including phenoxy) is 1. The fourth-order valence-electron chi connectivity index (χ4n) is 2.20. The number of hydrogen-bond donors (Lipinski definition) is 0. The van der Waals surface area contributed by atoms with Gasteiger partial charge >= 0.3 is 0 Å². The van der Waals surface area contributed by atoms with Gasteiger partial charge in [0.1, 0.15) is 5.75 Å². The summed E-state index contributed by atoms with van der Waals surface area (Å²) in [5.74, 6) is 3.30. The van der Waals surface area contributed by atoms with Crippen molar-refractivity contribution in [1.82, 2.24) is 4.90 Å². The van der Waals surface area contributed by atoms with Crippen LogP contribution in [-0.4, -0.2) is 31.5 Å². The van der Waals surface area contributed by atoms with E-state index >= 15 is 0 Å². The highest BCUT2D eigenvalue weighted by atomic mass is 16.5. The summed E-state index contributed by atoms with van der Waals surface area (Å²) in [4.78, 5) is 13.7. The molecule has 0 atom stereocenters. The van der Waals surface area contributed by atoms with E-state index in [0.717, 1.165) is 22.1 Å². The zero-order chi connectivity index (χ0) is 14.5. The summed E-state index contributed by atoms with van der Waals surface area (Å²) in [5.41, 5.74) is 0.982. The Hall–Kier alpha value is -2.47. The fraction of sp³-hybridized carbons (Fsp3) is 0.235. The van der Waals surface area contributed by atoms with Crippen molar-refractivity contribution in [3.05, 3.63) is 42.0 Å². The summed E-state index contributed by atoms with van der Waals surface area (Å²) in [7, 11) is 3.36. The molecular formula is C17H17NO2. The zero-order valence-corrected chi connectivity index (χ0v) is 11.7. The number of carbonyl (C=O) groups is 1. The predicted octanol–water partition coefficient (Wildman–Crippen LogP) is 2.48. The lowest BCUT2D eigenvalue weighted by molar-refractivity contribution is -0.128. The fourth-order valence-corrected chi connectivity index (χ4v) is 2.20. The van der Waals surface area contributed by atoms with E-state index in [1.807, 2.05) is 36.4 Å². The average molecular weight is 267 g/mol. The number of methoxy groups -OCH3 is 1. The van der Waals surface area contributed by atoms with Gasteiger partial charge in [-0.25, -0.2) is 0 Å². The number of terminal acetylenes is 1. The number of hydrogen-bond acceptors (Lipinski definition) is 2. The van der Waals surface area contributed by atoms with Crippen molar-refractivity contribution < 1.29 is 9.53 Å². The van der Waals surface area contributed by atoms with E-state index in [-0.39, 0.29) is 5.91 Å². The van der Waals surface area contributed by atoms with Crippen molar-refractivity contribution in [2.45, 2.75) is 6.42 Å². The van der Waals surface area contributed by atoms with Crippen LogP contribution in [0.2, 0.25) is 0 Å². The highest BCUT2D eigenvalue weighted by Crippen LogP contribution is 2.28. The van der Waals surface area contributed by atoms with Gasteiger partial charge in [-0.15, -0.1) is 6.42 Å². The van der Waals surface area contributed by atoms with Gasteiger partial charge in [0.15, 0.2) is 0 Å². The van der Waals surface area contributed by atoms with Gasteiger partial charge in [0, 0.05) is 12.4 Å². The number of benzene rings is 2. The van der Waals surface area contributed by atoms with Crippen molar-refractivity contribution in [3.63, 3.8) is 0 Å². The molecule has 0 unspecified atom stereocenters. The van der Waals surface area contributed by atoms with Gasteiger partial charge in [0.05, 0.1) is 20.1 Å². The first kappa shape index (κ1) is 14.0. The maximum absolute atomic E-state index is 12.1. The zero-order valence-electron chi connectivity index (χ0n) is 11.7. The van der Waals surface area contributed by atoms with Crippen LogP contribution in [0.5, 0.6) is 5.75 Å². The Labute approximate surface area is 119 Å². The van der Waals surface area contributed by atoms with Crippen molar-refractivity contribution in [2.24, 2.45) is 0 Å². The molecule has 0 aliphatic heterocycles. The van der Waals surface area contributed by atoms with Crippen LogP contribution in [-0.2, 0) is 11.2 Å².